The molecule has 3 nitrogen and oxygen atoms in total. The van der Waals surface area contributed by atoms with Gasteiger partial charge in [0.05, 0.1) is 19.8 Å². The van der Waals surface area contributed by atoms with Crippen molar-refractivity contribution in [2.45, 2.75) is 50.5 Å². The molecule has 1 saturated heterocycles. The summed E-state index contributed by atoms with van der Waals surface area (Å²) in [5.41, 5.74) is -1.04. The highest BCUT2D eigenvalue weighted by atomic mass is 16.5. The largest absolute Gasteiger partial charge is 0.396 e. The summed E-state index contributed by atoms with van der Waals surface area (Å²) >= 11 is 0. The third-order valence-corrected chi connectivity index (χ3v) is 4.28. The number of rotatable bonds is 2. The van der Waals surface area contributed by atoms with E-state index in [4.69, 9.17) is 4.74 Å². The monoisotopic (exact) mass is 214 g/mol. The molecular weight excluding hydrogens is 192 g/mol. The van der Waals surface area contributed by atoms with Crippen LogP contribution in [0.4, 0.5) is 0 Å². The molecule has 2 N–H and O–H groups in total. The van der Waals surface area contributed by atoms with E-state index < -0.39 is 5.60 Å². The second-order valence-corrected chi connectivity index (χ2v) is 5.23. The molecule has 15 heavy (non-hydrogen) atoms. The first-order valence-corrected chi connectivity index (χ1v) is 6.13. The van der Waals surface area contributed by atoms with Gasteiger partial charge in [-0.25, -0.2) is 0 Å². The molecule has 1 saturated carbocycles. The summed E-state index contributed by atoms with van der Waals surface area (Å²) in [7, 11) is 0. The summed E-state index contributed by atoms with van der Waals surface area (Å²) in [6.45, 7) is 0.925. The molecule has 2 fully saturated rings. The van der Waals surface area contributed by atoms with Crippen LogP contribution in [-0.2, 0) is 4.74 Å². The maximum absolute atomic E-state index is 10.4. The van der Waals surface area contributed by atoms with E-state index in [1.165, 1.54) is 19.3 Å². The highest BCUT2D eigenvalue weighted by Crippen LogP contribution is 2.46. The molecule has 0 spiro atoms. The van der Waals surface area contributed by atoms with Crippen molar-refractivity contribution in [1.29, 1.82) is 0 Å². The molecule has 0 bridgehead atoms. The van der Waals surface area contributed by atoms with E-state index in [9.17, 15) is 10.2 Å². The minimum absolute atomic E-state index is 0.104. The average molecular weight is 214 g/mol. The minimum Gasteiger partial charge on any atom is -0.396 e. The molecule has 88 valence electrons. The molecule has 0 aromatic rings. The van der Waals surface area contributed by atoms with E-state index in [0.717, 1.165) is 25.7 Å². The van der Waals surface area contributed by atoms with Gasteiger partial charge in [0.2, 0.25) is 0 Å². The van der Waals surface area contributed by atoms with Gasteiger partial charge in [0.25, 0.3) is 0 Å². The Morgan fingerprint density at radius 3 is 1.87 bits per heavy atom. The molecule has 0 radical (unpaired) electrons. The van der Waals surface area contributed by atoms with Gasteiger partial charge in [0.15, 0.2) is 0 Å². The first-order valence-electron chi connectivity index (χ1n) is 6.13. The van der Waals surface area contributed by atoms with Crippen molar-refractivity contribution in [1.82, 2.24) is 0 Å². The van der Waals surface area contributed by atoms with Crippen LogP contribution in [-0.4, -0.2) is 35.6 Å². The lowest BCUT2D eigenvalue weighted by molar-refractivity contribution is -0.255. The molecule has 1 heterocycles. The van der Waals surface area contributed by atoms with Crippen LogP contribution in [0.1, 0.15) is 44.9 Å². The Morgan fingerprint density at radius 2 is 1.47 bits per heavy atom. The fraction of sp³-hybridized carbons (Fsp3) is 1.00. The lowest BCUT2D eigenvalue weighted by Gasteiger charge is -2.52. The summed E-state index contributed by atoms with van der Waals surface area (Å²) in [6.07, 6.45) is 7.92. The van der Waals surface area contributed by atoms with Crippen molar-refractivity contribution in [2.24, 2.45) is 5.41 Å². The SMILES string of the molecule is OCC1(C2(O)COC2)CCCCCCC1. The van der Waals surface area contributed by atoms with Gasteiger partial charge in [0, 0.05) is 5.41 Å². The van der Waals surface area contributed by atoms with Crippen LogP contribution in [0.5, 0.6) is 0 Å². The zero-order valence-corrected chi connectivity index (χ0v) is 9.37. The summed E-state index contributed by atoms with van der Waals surface area (Å²) in [6, 6.07) is 0. The van der Waals surface area contributed by atoms with E-state index in [0.29, 0.717) is 13.2 Å². The third-order valence-electron chi connectivity index (χ3n) is 4.28. The van der Waals surface area contributed by atoms with Crippen molar-refractivity contribution in [3.63, 3.8) is 0 Å². The van der Waals surface area contributed by atoms with Crippen LogP contribution < -0.4 is 0 Å². The van der Waals surface area contributed by atoms with Gasteiger partial charge in [0.1, 0.15) is 5.60 Å². The van der Waals surface area contributed by atoms with Crippen molar-refractivity contribution in [2.75, 3.05) is 19.8 Å². The van der Waals surface area contributed by atoms with Crippen LogP contribution in [0.25, 0.3) is 0 Å². The fourth-order valence-corrected chi connectivity index (χ4v) is 2.95. The van der Waals surface area contributed by atoms with Crippen LogP contribution in [0, 0.1) is 5.41 Å². The number of hydrogen-bond acceptors (Lipinski definition) is 3. The third kappa shape index (κ3) is 1.93. The molecule has 0 atom stereocenters. The van der Waals surface area contributed by atoms with E-state index >= 15 is 0 Å². The Balaban J connectivity index is 2.09. The first kappa shape index (κ1) is 11.4. The summed E-state index contributed by atoms with van der Waals surface area (Å²) in [5.74, 6) is 0. The van der Waals surface area contributed by atoms with Crippen LogP contribution in [0.2, 0.25) is 0 Å². The number of aliphatic hydroxyl groups excluding tert-OH is 1. The number of hydrogen-bond donors (Lipinski definition) is 2. The maximum atomic E-state index is 10.4. The van der Waals surface area contributed by atoms with Crippen LogP contribution in [0.15, 0.2) is 0 Å². The molecule has 0 aromatic heterocycles. The van der Waals surface area contributed by atoms with E-state index in [1.807, 2.05) is 0 Å². The Hall–Kier alpha value is -0.120. The standard InChI is InChI=1S/C12H22O3/c13-8-11(12(14)9-15-10-12)6-4-2-1-3-5-7-11/h13-14H,1-10H2. The second-order valence-electron chi connectivity index (χ2n) is 5.23. The van der Waals surface area contributed by atoms with E-state index in [-0.39, 0.29) is 12.0 Å². The summed E-state index contributed by atoms with van der Waals surface area (Å²) in [5, 5.41) is 20.1. The maximum Gasteiger partial charge on any atom is 0.119 e. The topological polar surface area (TPSA) is 49.7 Å². The smallest absolute Gasteiger partial charge is 0.119 e. The lowest BCUT2D eigenvalue weighted by Crippen LogP contribution is -2.63. The van der Waals surface area contributed by atoms with Crippen molar-refractivity contribution in [3.8, 4) is 0 Å². The highest BCUT2D eigenvalue weighted by molar-refractivity contribution is 5.03. The molecule has 1 aliphatic heterocycles. The molecule has 3 heteroatoms. The normalized spacial score (nSPS) is 30.0. The van der Waals surface area contributed by atoms with Gasteiger partial charge >= 0.3 is 0 Å². The Labute approximate surface area is 91.4 Å². The summed E-state index contributed by atoms with van der Waals surface area (Å²) < 4.78 is 5.13. The van der Waals surface area contributed by atoms with Crippen molar-refractivity contribution in [3.05, 3.63) is 0 Å². The fourth-order valence-electron chi connectivity index (χ4n) is 2.95. The lowest BCUT2D eigenvalue weighted by atomic mass is 9.64. The average Bonchev–Trinajstić information content (AvgIpc) is 2.15. The molecule has 0 unspecified atom stereocenters. The van der Waals surface area contributed by atoms with E-state index in [1.54, 1.807) is 0 Å². The number of aliphatic hydroxyl groups is 2. The molecule has 1 aliphatic carbocycles. The van der Waals surface area contributed by atoms with Gasteiger partial charge in [-0.15, -0.1) is 0 Å². The predicted molar refractivity (Wildman–Crippen MR) is 57.6 cm³/mol. The first-order chi connectivity index (χ1) is 7.22. The Kier molecular flexibility index (Phi) is 3.33. The van der Waals surface area contributed by atoms with Gasteiger partial charge in [-0.3, -0.25) is 0 Å². The van der Waals surface area contributed by atoms with Gasteiger partial charge in [-0.1, -0.05) is 32.1 Å². The van der Waals surface area contributed by atoms with Crippen LogP contribution in [0.3, 0.4) is 0 Å². The highest BCUT2D eigenvalue weighted by Gasteiger charge is 2.54. The Bertz CT molecular complexity index is 203. The predicted octanol–water partition coefficient (Wildman–Crippen LogP) is 1.47. The molecule has 2 rings (SSSR count). The summed E-state index contributed by atoms with van der Waals surface area (Å²) in [4.78, 5) is 0. The van der Waals surface area contributed by atoms with Crippen molar-refractivity contribution < 1.29 is 14.9 Å². The minimum atomic E-state index is -0.751. The molecular formula is C12H22O3. The zero-order chi connectivity index (χ0) is 10.8. The molecule has 2 aliphatic rings. The quantitative estimate of drug-likeness (QED) is 0.732. The van der Waals surface area contributed by atoms with Crippen molar-refractivity contribution >= 4 is 0 Å². The number of ether oxygens (including phenoxy) is 1. The molecule has 0 aromatic carbocycles. The van der Waals surface area contributed by atoms with E-state index in [2.05, 4.69) is 0 Å². The second kappa shape index (κ2) is 4.40. The van der Waals surface area contributed by atoms with Gasteiger partial charge in [-0.05, 0) is 12.8 Å². The van der Waals surface area contributed by atoms with Crippen LogP contribution >= 0.6 is 0 Å². The Morgan fingerprint density at radius 1 is 0.933 bits per heavy atom. The zero-order valence-electron chi connectivity index (χ0n) is 9.37. The molecule has 0 amide bonds. The van der Waals surface area contributed by atoms with Gasteiger partial charge < -0.3 is 14.9 Å². The van der Waals surface area contributed by atoms with Gasteiger partial charge in [-0.2, -0.15) is 0 Å².